The number of nitrogens with zero attached hydrogens (tertiary/aromatic N) is 1. The van der Waals surface area contributed by atoms with E-state index in [0.29, 0.717) is 17.0 Å². The van der Waals surface area contributed by atoms with Crippen molar-refractivity contribution in [2.75, 3.05) is 13.1 Å². The fourth-order valence-electron chi connectivity index (χ4n) is 1.88. The van der Waals surface area contributed by atoms with E-state index in [9.17, 15) is 14.0 Å². The number of aromatic nitrogens is 1. The molecule has 1 aromatic carbocycles. The lowest BCUT2D eigenvalue weighted by Gasteiger charge is -2.07. The van der Waals surface area contributed by atoms with Crippen LogP contribution in [0.25, 0.3) is 0 Å². The molecule has 23 heavy (non-hydrogen) atoms. The molecule has 1 aromatic heterocycles. The summed E-state index contributed by atoms with van der Waals surface area (Å²) in [6.45, 7) is 0.0926. The van der Waals surface area contributed by atoms with Gasteiger partial charge < -0.3 is 10.6 Å². The quantitative estimate of drug-likeness (QED) is 0.847. The van der Waals surface area contributed by atoms with Crippen molar-refractivity contribution in [3.63, 3.8) is 0 Å². The highest BCUT2D eigenvalue weighted by molar-refractivity contribution is 6.30. The second kappa shape index (κ2) is 8.24. The fourth-order valence-corrected chi connectivity index (χ4v) is 2.04. The molecule has 0 saturated carbocycles. The number of carbonyl (C=O) groups is 2. The molecule has 2 amide bonds. The molecular formula is C16H15ClFN3O2. The Morgan fingerprint density at radius 1 is 1.17 bits per heavy atom. The molecular weight excluding hydrogens is 321 g/mol. The van der Waals surface area contributed by atoms with Crippen molar-refractivity contribution < 1.29 is 14.0 Å². The maximum Gasteiger partial charge on any atom is 0.270 e. The van der Waals surface area contributed by atoms with E-state index in [2.05, 4.69) is 15.6 Å². The maximum absolute atomic E-state index is 13.4. The van der Waals surface area contributed by atoms with Gasteiger partial charge in [-0.3, -0.25) is 14.6 Å². The summed E-state index contributed by atoms with van der Waals surface area (Å²) in [5.74, 6) is -1.16. The molecule has 2 N–H and O–H groups in total. The van der Waals surface area contributed by atoms with Gasteiger partial charge in [-0.2, -0.15) is 0 Å². The van der Waals surface area contributed by atoms with Crippen LogP contribution in [0.4, 0.5) is 4.39 Å². The normalized spacial score (nSPS) is 10.2. The van der Waals surface area contributed by atoms with Gasteiger partial charge in [-0.15, -0.1) is 0 Å². The van der Waals surface area contributed by atoms with Crippen LogP contribution in [-0.2, 0) is 11.2 Å². The summed E-state index contributed by atoms with van der Waals surface area (Å²) in [5.41, 5.74) is 0.664. The number of halogens is 2. The molecule has 0 atom stereocenters. The summed E-state index contributed by atoms with van der Waals surface area (Å²) in [6.07, 6.45) is 1.79. The van der Waals surface area contributed by atoms with E-state index >= 15 is 0 Å². The molecule has 0 bridgehead atoms. The summed E-state index contributed by atoms with van der Waals surface area (Å²) in [4.78, 5) is 27.3. The Labute approximate surface area is 137 Å². The molecule has 0 unspecified atom stereocenters. The molecule has 2 rings (SSSR count). The Kier molecular flexibility index (Phi) is 6.05. The average Bonchev–Trinajstić information content (AvgIpc) is 2.54. The first-order valence-electron chi connectivity index (χ1n) is 6.96. The molecule has 0 saturated heterocycles. The monoisotopic (exact) mass is 335 g/mol. The third-order valence-electron chi connectivity index (χ3n) is 3.04. The van der Waals surface area contributed by atoms with Gasteiger partial charge in [0.05, 0.1) is 6.54 Å². The number of carbonyl (C=O) groups excluding carboxylic acids is 2. The van der Waals surface area contributed by atoms with E-state index in [1.54, 1.807) is 24.3 Å². The Hall–Kier alpha value is -2.47. The predicted molar refractivity (Wildman–Crippen MR) is 84.7 cm³/mol. The lowest BCUT2D eigenvalue weighted by atomic mass is 10.1. The molecule has 0 fully saturated rings. The summed E-state index contributed by atoms with van der Waals surface area (Å²) >= 11 is 5.76. The number of hydrogen-bond acceptors (Lipinski definition) is 3. The van der Waals surface area contributed by atoms with Gasteiger partial charge >= 0.3 is 0 Å². The van der Waals surface area contributed by atoms with Crippen molar-refractivity contribution in [1.82, 2.24) is 15.6 Å². The highest BCUT2D eigenvalue weighted by Gasteiger charge is 2.09. The van der Waals surface area contributed by atoms with Gasteiger partial charge in [-0.1, -0.05) is 29.8 Å². The SMILES string of the molecule is O=C(CNC(=O)c1cc(Cl)ccn1)NCCc1ccccc1F. The Balaban J connectivity index is 1.73. The smallest absolute Gasteiger partial charge is 0.270 e. The molecule has 1 heterocycles. The number of rotatable bonds is 6. The minimum atomic E-state index is -0.489. The van der Waals surface area contributed by atoms with Crippen molar-refractivity contribution in [3.8, 4) is 0 Å². The average molecular weight is 336 g/mol. The summed E-state index contributed by atoms with van der Waals surface area (Å²) in [5, 5.41) is 5.44. The van der Waals surface area contributed by atoms with Crippen LogP contribution in [0.3, 0.4) is 0 Å². The summed E-state index contributed by atoms with van der Waals surface area (Å²) in [6, 6.07) is 9.33. The van der Waals surface area contributed by atoms with E-state index in [4.69, 9.17) is 11.6 Å². The fraction of sp³-hybridized carbons (Fsp3) is 0.188. The minimum absolute atomic E-state index is 0.136. The number of hydrogen-bond donors (Lipinski definition) is 2. The van der Waals surface area contributed by atoms with E-state index < -0.39 is 5.91 Å². The van der Waals surface area contributed by atoms with Crippen LogP contribution < -0.4 is 10.6 Å². The zero-order valence-electron chi connectivity index (χ0n) is 12.2. The van der Waals surface area contributed by atoms with Crippen LogP contribution in [0.1, 0.15) is 16.1 Å². The lowest BCUT2D eigenvalue weighted by Crippen LogP contribution is -2.38. The largest absolute Gasteiger partial charge is 0.354 e. The van der Waals surface area contributed by atoms with Gasteiger partial charge in [0.2, 0.25) is 5.91 Å². The van der Waals surface area contributed by atoms with Crippen molar-refractivity contribution >= 4 is 23.4 Å². The zero-order valence-corrected chi connectivity index (χ0v) is 12.9. The zero-order chi connectivity index (χ0) is 16.7. The van der Waals surface area contributed by atoms with Crippen molar-refractivity contribution in [2.24, 2.45) is 0 Å². The third-order valence-corrected chi connectivity index (χ3v) is 3.27. The van der Waals surface area contributed by atoms with Gasteiger partial charge in [0.15, 0.2) is 0 Å². The number of nitrogens with one attached hydrogen (secondary N) is 2. The molecule has 120 valence electrons. The Bertz CT molecular complexity index is 709. The van der Waals surface area contributed by atoms with Crippen molar-refractivity contribution in [2.45, 2.75) is 6.42 Å². The van der Waals surface area contributed by atoms with E-state index in [-0.39, 0.29) is 30.5 Å². The van der Waals surface area contributed by atoms with Gasteiger partial charge in [0, 0.05) is 17.8 Å². The van der Waals surface area contributed by atoms with Crippen LogP contribution in [-0.4, -0.2) is 29.9 Å². The van der Waals surface area contributed by atoms with Gasteiger partial charge in [-0.05, 0) is 30.2 Å². The Morgan fingerprint density at radius 3 is 2.70 bits per heavy atom. The van der Waals surface area contributed by atoms with Gasteiger partial charge in [0.1, 0.15) is 11.5 Å². The standard InChI is InChI=1S/C16H15ClFN3O2/c17-12-6-8-19-14(9-12)16(23)21-10-15(22)20-7-5-11-3-1-2-4-13(11)18/h1-4,6,8-9H,5,7,10H2,(H,20,22)(H,21,23). The molecule has 2 aromatic rings. The molecule has 0 aliphatic heterocycles. The first kappa shape index (κ1) is 16.9. The van der Waals surface area contributed by atoms with Crippen LogP contribution in [0.15, 0.2) is 42.6 Å². The highest BCUT2D eigenvalue weighted by Crippen LogP contribution is 2.07. The topological polar surface area (TPSA) is 71.1 Å². The van der Waals surface area contributed by atoms with Crippen LogP contribution >= 0.6 is 11.6 Å². The first-order valence-corrected chi connectivity index (χ1v) is 7.34. The second-order valence-electron chi connectivity index (χ2n) is 4.73. The minimum Gasteiger partial charge on any atom is -0.354 e. The van der Waals surface area contributed by atoms with Crippen molar-refractivity contribution in [1.29, 1.82) is 0 Å². The number of amides is 2. The molecule has 5 nitrogen and oxygen atoms in total. The number of pyridine rings is 1. The first-order chi connectivity index (χ1) is 11.1. The third kappa shape index (κ3) is 5.34. The van der Waals surface area contributed by atoms with Crippen LogP contribution in [0.5, 0.6) is 0 Å². The Morgan fingerprint density at radius 2 is 1.96 bits per heavy atom. The molecule has 0 aliphatic carbocycles. The van der Waals surface area contributed by atoms with E-state index in [1.165, 1.54) is 18.3 Å². The summed E-state index contributed by atoms with van der Waals surface area (Å²) < 4.78 is 13.4. The van der Waals surface area contributed by atoms with Crippen molar-refractivity contribution in [3.05, 3.63) is 64.7 Å². The highest BCUT2D eigenvalue weighted by atomic mass is 35.5. The molecule has 0 spiro atoms. The number of benzene rings is 1. The van der Waals surface area contributed by atoms with E-state index in [0.717, 1.165) is 0 Å². The predicted octanol–water partition coefficient (Wildman–Crippen LogP) is 1.96. The second-order valence-corrected chi connectivity index (χ2v) is 5.17. The maximum atomic E-state index is 13.4. The van der Waals surface area contributed by atoms with Crippen LogP contribution in [0, 0.1) is 5.82 Å². The van der Waals surface area contributed by atoms with Gasteiger partial charge in [-0.25, -0.2) is 4.39 Å². The lowest BCUT2D eigenvalue weighted by molar-refractivity contribution is -0.120. The molecule has 0 aliphatic rings. The van der Waals surface area contributed by atoms with Gasteiger partial charge in [0.25, 0.3) is 5.91 Å². The van der Waals surface area contributed by atoms with Crippen LogP contribution in [0.2, 0.25) is 5.02 Å². The van der Waals surface area contributed by atoms with E-state index in [1.807, 2.05) is 0 Å². The summed E-state index contributed by atoms with van der Waals surface area (Å²) in [7, 11) is 0. The molecule has 7 heteroatoms. The molecule has 0 radical (unpaired) electrons.